The van der Waals surface area contributed by atoms with Crippen molar-refractivity contribution < 1.29 is 23.5 Å². The van der Waals surface area contributed by atoms with Gasteiger partial charge in [0.1, 0.15) is 5.75 Å². The van der Waals surface area contributed by atoms with E-state index in [0.717, 1.165) is 18.9 Å². The number of carbonyl (C=O) groups is 2. The third-order valence-corrected chi connectivity index (χ3v) is 5.43. The van der Waals surface area contributed by atoms with E-state index in [4.69, 9.17) is 13.9 Å². The molecule has 0 aliphatic rings. The van der Waals surface area contributed by atoms with E-state index in [1.807, 2.05) is 0 Å². The van der Waals surface area contributed by atoms with E-state index in [9.17, 15) is 14.4 Å². The van der Waals surface area contributed by atoms with Gasteiger partial charge in [-0.1, -0.05) is 45.1 Å². The van der Waals surface area contributed by atoms with Crippen molar-refractivity contribution in [2.24, 2.45) is 0 Å². The number of carbonyl (C=O) groups excluding carboxylic acids is 2. The molecule has 1 heterocycles. The Bertz CT molecular complexity index is 1200. The Kier molecular flexibility index (Phi) is 9.47. The van der Waals surface area contributed by atoms with Crippen LogP contribution in [0.15, 0.2) is 57.7 Å². The highest BCUT2D eigenvalue weighted by atomic mass is 16.6. The zero-order chi connectivity index (χ0) is 25.2. The number of para-hydroxylation sites is 1. The molecule has 0 saturated heterocycles. The average Bonchev–Trinajstić information content (AvgIpc) is 2.83. The second-order valence-electron chi connectivity index (χ2n) is 8.71. The molecule has 3 aromatic rings. The van der Waals surface area contributed by atoms with Gasteiger partial charge in [0.25, 0.3) is 5.91 Å². The van der Waals surface area contributed by atoms with E-state index in [1.165, 1.54) is 25.7 Å². The van der Waals surface area contributed by atoms with Crippen LogP contribution >= 0.6 is 0 Å². The normalized spacial score (nSPS) is 11.0. The topological polar surface area (TPSA) is 94.8 Å². The number of benzene rings is 2. The Labute approximate surface area is 205 Å². The highest BCUT2D eigenvalue weighted by Gasteiger charge is 2.18. The van der Waals surface area contributed by atoms with Gasteiger partial charge in [0, 0.05) is 11.6 Å². The van der Waals surface area contributed by atoms with Crippen LogP contribution in [0.5, 0.6) is 5.75 Å². The molecule has 35 heavy (non-hydrogen) atoms. The van der Waals surface area contributed by atoms with Gasteiger partial charge >= 0.3 is 5.97 Å². The van der Waals surface area contributed by atoms with Crippen LogP contribution in [0.3, 0.4) is 0 Å². The first-order valence-electron chi connectivity index (χ1n) is 12.2. The molecule has 186 valence electrons. The molecule has 1 N–H and O–H groups in total. The summed E-state index contributed by atoms with van der Waals surface area (Å²) in [6, 6.07) is 12.8. The summed E-state index contributed by atoms with van der Waals surface area (Å²) < 4.78 is 16.6. The first kappa shape index (κ1) is 26.0. The molecule has 0 fully saturated rings. The summed E-state index contributed by atoms with van der Waals surface area (Å²) in [7, 11) is 0. The summed E-state index contributed by atoms with van der Waals surface area (Å²) in [5.41, 5.74) is 0.423. The molecule has 0 unspecified atom stereocenters. The van der Waals surface area contributed by atoms with E-state index in [1.54, 1.807) is 56.3 Å². The number of rotatable bonds is 12. The van der Waals surface area contributed by atoms with Crippen LogP contribution in [-0.2, 0) is 4.74 Å². The summed E-state index contributed by atoms with van der Waals surface area (Å²) in [6.07, 6.45) is 6.80. The number of ether oxygens (including phenoxy) is 2. The molecule has 1 amide bonds. The molecule has 0 aliphatic heterocycles. The number of esters is 1. The lowest BCUT2D eigenvalue weighted by molar-refractivity contribution is 0.0342. The van der Waals surface area contributed by atoms with Gasteiger partial charge in [0.15, 0.2) is 11.0 Å². The monoisotopic (exact) mass is 479 g/mol. The molecule has 0 spiro atoms. The van der Waals surface area contributed by atoms with Crippen molar-refractivity contribution in [3.05, 3.63) is 70.1 Å². The molecule has 0 atom stereocenters. The maximum Gasteiger partial charge on any atom is 0.374 e. The van der Waals surface area contributed by atoms with Crippen molar-refractivity contribution in [2.75, 3.05) is 11.9 Å². The van der Waals surface area contributed by atoms with Gasteiger partial charge in [0.05, 0.1) is 23.8 Å². The molecular weight excluding hydrogens is 446 g/mol. The molecule has 7 nitrogen and oxygen atoms in total. The summed E-state index contributed by atoms with van der Waals surface area (Å²) >= 11 is 0. The highest BCUT2D eigenvalue weighted by Crippen LogP contribution is 2.24. The number of hydrogen-bond donors (Lipinski definition) is 1. The smallest absolute Gasteiger partial charge is 0.374 e. The first-order valence-corrected chi connectivity index (χ1v) is 12.2. The average molecular weight is 480 g/mol. The molecule has 0 aliphatic carbocycles. The second-order valence-corrected chi connectivity index (χ2v) is 8.71. The Morgan fingerprint density at radius 1 is 0.971 bits per heavy atom. The third kappa shape index (κ3) is 7.44. The fraction of sp³-hybridized carbons (Fsp3) is 0.393. The quantitative estimate of drug-likeness (QED) is 0.240. The van der Waals surface area contributed by atoms with E-state index in [-0.39, 0.29) is 34.4 Å². The van der Waals surface area contributed by atoms with Crippen molar-refractivity contribution >= 4 is 28.5 Å². The SMILES string of the molecule is CCCCCCCCOc1ccc(C(=O)Nc2cccc3c(=O)cc(C(=O)OC(C)C)oc23)cc1. The molecule has 7 heteroatoms. The minimum atomic E-state index is -0.739. The number of amides is 1. The number of nitrogens with one attached hydrogen (secondary N) is 1. The summed E-state index contributed by atoms with van der Waals surface area (Å²) in [5.74, 6) is -0.626. The van der Waals surface area contributed by atoms with Crippen molar-refractivity contribution in [1.82, 2.24) is 0 Å². The molecule has 0 saturated carbocycles. The molecule has 0 radical (unpaired) electrons. The fourth-order valence-electron chi connectivity index (χ4n) is 3.62. The summed E-state index contributed by atoms with van der Waals surface area (Å²) in [6.45, 7) is 6.25. The van der Waals surface area contributed by atoms with Crippen molar-refractivity contribution in [1.29, 1.82) is 0 Å². The van der Waals surface area contributed by atoms with Gasteiger partial charge in [-0.25, -0.2) is 4.79 Å². The van der Waals surface area contributed by atoms with Crippen LogP contribution in [0.25, 0.3) is 11.0 Å². The van der Waals surface area contributed by atoms with E-state index >= 15 is 0 Å². The fourth-order valence-corrected chi connectivity index (χ4v) is 3.62. The lowest BCUT2D eigenvalue weighted by Crippen LogP contribution is -2.16. The van der Waals surface area contributed by atoms with Gasteiger partial charge < -0.3 is 19.2 Å². The molecule has 0 bridgehead atoms. The molecule has 3 rings (SSSR count). The van der Waals surface area contributed by atoms with Gasteiger partial charge in [0.2, 0.25) is 5.76 Å². The van der Waals surface area contributed by atoms with Crippen LogP contribution in [0, 0.1) is 0 Å². The maximum absolute atomic E-state index is 12.8. The Morgan fingerprint density at radius 3 is 2.40 bits per heavy atom. The zero-order valence-electron chi connectivity index (χ0n) is 20.6. The number of hydrogen-bond acceptors (Lipinski definition) is 6. The predicted molar refractivity (Wildman–Crippen MR) is 136 cm³/mol. The van der Waals surface area contributed by atoms with E-state index in [0.29, 0.717) is 17.9 Å². The van der Waals surface area contributed by atoms with Crippen LogP contribution in [0.2, 0.25) is 0 Å². The molecule has 1 aromatic heterocycles. The highest BCUT2D eigenvalue weighted by molar-refractivity contribution is 6.08. The molecule has 2 aromatic carbocycles. The van der Waals surface area contributed by atoms with Gasteiger partial charge in [-0.2, -0.15) is 0 Å². The number of anilines is 1. The zero-order valence-corrected chi connectivity index (χ0v) is 20.6. The second kappa shape index (κ2) is 12.7. The first-order chi connectivity index (χ1) is 16.9. The lowest BCUT2D eigenvalue weighted by Gasteiger charge is -2.11. The van der Waals surface area contributed by atoms with Gasteiger partial charge in [-0.05, 0) is 56.7 Å². The maximum atomic E-state index is 12.8. The van der Waals surface area contributed by atoms with Crippen molar-refractivity contribution in [3.8, 4) is 5.75 Å². The van der Waals surface area contributed by atoms with Crippen LogP contribution in [-0.4, -0.2) is 24.6 Å². The van der Waals surface area contributed by atoms with Crippen LogP contribution in [0.4, 0.5) is 5.69 Å². The van der Waals surface area contributed by atoms with E-state index in [2.05, 4.69) is 12.2 Å². The van der Waals surface area contributed by atoms with E-state index < -0.39 is 11.4 Å². The standard InChI is InChI=1S/C28H33NO6/c1-4-5-6-7-8-9-17-33-21-15-13-20(14-16-21)27(31)29-23-12-10-11-22-24(30)18-25(35-26(22)23)28(32)34-19(2)3/h10-16,18-19H,4-9,17H2,1-3H3,(H,29,31). The third-order valence-electron chi connectivity index (χ3n) is 5.43. The molecular formula is C28H33NO6. The van der Waals surface area contributed by atoms with Gasteiger partial charge in [-0.3, -0.25) is 9.59 Å². The number of unbranched alkanes of at least 4 members (excludes halogenated alkanes) is 5. The van der Waals surface area contributed by atoms with Crippen LogP contribution < -0.4 is 15.5 Å². The summed E-state index contributed by atoms with van der Waals surface area (Å²) in [4.78, 5) is 37.6. The summed E-state index contributed by atoms with van der Waals surface area (Å²) in [5, 5.41) is 3.02. The Hall–Kier alpha value is -3.61. The predicted octanol–water partition coefficient (Wildman–Crippen LogP) is 6.35. The van der Waals surface area contributed by atoms with Crippen molar-refractivity contribution in [3.63, 3.8) is 0 Å². The van der Waals surface area contributed by atoms with Crippen molar-refractivity contribution in [2.45, 2.75) is 65.4 Å². The minimum absolute atomic E-state index is 0.114. The van der Waals surface area contributed by atoms with Gasteiger partial charge in [-0.15, -0.1) is 0 Å². The largest absolute Gasteiger partial charge is 0.494 e. The Balaban J connectivity index is 1.66. The number of fused-ring (bicyclic) bond motifs is 1. The Morgan fingerprint density at radius 2 is 1.69 bits per heavy atom. The minimum Gasteiger partial charge on any atom is -0.494 e. The lowest BCUT2D eigenvalue weighted by atomic mass is 10.1. The van der Waals surface area contributed by atoms with Crippen LogP contribution in [0.1, 0.15) is 80.2 Å².